The summed E-state index contributed by atoms with van der Waals surface area (Å²) in [4.78, 5) is 15.3. The van der Waals surface area contributed by atoms with E-state index in [1.807, 2.05) is 33.8 Å². The van der Waals surface area contributed by atoms with Crippen molar-refractivity contribution in [3.8, 4) is 5.69 Å². The van der Waals surface area contributed by atoms with E-state index in [1.165, 1.54) is 0 Å². The van der Waals surface area contributed by atoms with Crippen LogP contribution in [0.1, 0.15) is 55.4 Å². The Morgan fingerprint density at radius 2 is 1.78 bits per heavy atom. The number of carbonyl (C=O) groups excluding carboxylic acids is 1. The van der Waals surface area contributed by atoms with Crippen LogP contribution in [0, 0.1) is 5.92 Å². The molecule has 0 atom stereocenters. The highest BCUT2D eigenvalue weighted by atomic mass is 35.5. The van der Waals surface area contributed by atoms with Crippen LogP contribution in [-0.4, -0.2) is 46.9 Å². The van der Waals surface area contributed by atoms with Gasteiger partial charge in [0.05, 0.1) is 35.9 Å². The number of carbonyl (C=O) groups is 1. The molecule has 0 radical (unpaired) electrons. The van der Waals surface area contributed by atoms with Gasteiger partial charge in [-0.3, -0.25) is 4.79 Å². The highest BCUT2D eigenvalue weighted by molar-refractivity contribution is 6.30. The van der Waals surface area contributed by atoms with Crippen LogP contribution in [-0.2, 0) is 11.2 Å². The fourth-order valence-corrected chi connectivity index (χ4v) is 3.60. The molecule has 2 aromatic rings. The summed E-state index contributed by atoms with van der Waals surface area (Å²) in [5.74, 6) is 0.641. The van der Waals surface area contributed by atoms with E-state index >= 15 is 0 Å². The molecule has 0 aliphatic carbocycles. The summed E-state index contributed by atoms with van der Waals surface area (Å²) in [5.41, 5.74) is 3.52. The van der Waals surface area contributed by atoms with Crippen LogP contribution in [0.5, 0.6) is 0 Å². The number of ether oxygens (including phenoxy) is 1. The topological polar surface area (TPSA) is 47.4 Å². The minimum atomic E-state index is 0.0675. The summed E-state index contributed by atoms with van der Waals surface area (Å²) < 4.78 is 7.34. The number of halogens is 1. The van der Waals surface area contributed by atoms with Gasteiger partial charge in [0, 0.05) is 18.1 Å². The summed E-state index contributed by atoms with van der Waals surface area (Å²) in [6.45, 7) is 11.0. The van der Waals surface area contributed by atoms with Gasteiger partial charge in [0.2, 0.25) is 0 Å². The normalized spacial score (nSPS) is 15.0. The van der Waals surface area contributed by atoms with Crippen molar-refractivity contribution in [1.82, 2.24) is 14.7 Å². The fraction of sp³-hybridized carbons (Fsp3) is 0.524. The van der Waals surface area contributed by atoms with Gasteiger partial charge in [-0.1, -0.05) is 39.3 Å². The van der Waals surface area contributed by atoms with Crippen LogP contribution >= 0.6 is 11.6 Å². The van der Waals surface area contributed by atoms with Crippen LogP contribution in [0.2, 0.25) is 5.02 Å². The van der Waals surface area contributed by atoms with E-state index in [4.69, 9.17) is 21.4 Å². The molecule has 1 aliphatic rings. The third-order valence-electron chi connectivity index (χ3n) is 4.73. The molecule has 5 nitrogen and oxygen atoms in total. The first kappa shape index (κ1) is 19.9. The first-order chi connectivity index (χ1) is 12.9. The van der Waals surface area contributed by atoms with Crippen LogP contribution in [0.25, 0.3) is 5.69 Å². The molecule has 0 bridgehead atoms. The average molecular weight is 390 g/mol. The van der Waals surface area contributed by atoms with Gasteiger partial charge in [-0.15, -0.1) is 0 Å². The molecule has 1 saturated heterocycles. The van der Waals surface area contributed by atoms with Crippen LogP contribution in [0.3, 0.4) is 0 Å². The number of hydrogen-bond acceptors (Lipinski definition) is 3. The maximum absolute atomic E-state index is 13.4. The van der Waals surface area contributed by atoms with Crippen molar-refractivity contribution in [3.63, 3.8) is 0 Å². The average Bonchev–Trinajstić information content (AvgIpc) is 3.01. The molecule has 0 saturated carbocycles. The minimum Gasteiger partial charge on any atom is -0.378 e. The monoisotopic (exact) mass is 389 g/mol. The number of amides is 1. The molecule has 1 amide bonds. The van der Waals surface area contributed by atoms with E-state index in [0.29, 0.717) is 37.2 Å². The summed E-state index contributed by atoms with van der Waals surface area (Å²) >= 11 is 6.06. The molecule has 2 heterocycles. The third-order valence-corrected chi connectivity index (χ3v) is 4.98. The summed E-state index contributed by atoms with van der Waals surface area (Å²) in [7, 11) is 0. The first-order valence-electron chi connectivity index (χ1n) is 9.63. The summed E-state index contributed by atoms with van der Waals surface area (Å²) in [6, 6.07) is 7.61. The molecule has 1 aliphatic heterocycles. The summed E-state index contributed by atoms with van der Waals surface area (Å²) in [6.07, 6.45) is 0.770. The van der Waals surface area contributed by atoms with Gasteiger partial charge in [-0.05, 0) is 42.5 Å². The molecule has 6 heteroatoms. The zero-order valence-corrected chi connectivity index (χ0v) is 17.3. The molecule has 0 unspecified atom stereocenters. The van der Waals surface area contributed by atoms with Crippen molar-refractivity contribution in [2.45, 2.75) is 40.0 Å². The lowest BCUT2D eigenvalue weighted by Gasteiger charge is -2.27. The maximum Gasteiger partial charge on any atom is 0.257 e. The highest BCUT2D eigenvalue weighted by Crippen LogP contribution is 2.29. The Kier molecular flexibility index (Phi) is 6.22. The smallest absolute Gasteiger partial charge is 0.257 e. The van der Waals surface area contributed by atoms with Crippen molar-refractivity contribution in [2.24, 2.45) is 5.92 Å². The summed E-state index contributed by atoms with van der Waals surface area (Å²) in [5, 5.41) is 5.57. The Hall–Kier alpha value is -1.85. The first-order valence-corrected chi connectivity index (χ1v) is 10.0. The number of hydrogen-bond donors (Lipinski definition) is 0. The largest absolute Gasteiger partial charge is 0.378 e. The molecule has 27 heavy (non-hydrogen) atoms. The van der Waals surface area contributed by atoms with Crippen molar-refractivity contribution in [1.29, 1.82) is 0 Å². The van der Waals surface area contributed by atoms with Gasteiger partial charge >= 0.3 is 0 Å². The van der Waals surface area contributed by atoms with E-state index in [0.717, 1.165) is 29.1 Å². The number of nitrogens with zero attached hydrogens (tertiary/aromatic N) is 3. The zero-order chi connectivity index (χ0) is 19.6. The molecule has 0 spiro atoms. The Morgan fingerprint density at radius 3 is 2.33 bits per heavy atom. The van der Waals surface area contributed by atoms with Crippen molar-refractivity contribution in [3.05, 3.63) is 46.2 Å². The van der Waals surface area contributed by atoms with Gasteiger partial charge in [-0.25, -0.2) is 4.68 Å². The van der Waals surface area contributed by atoms with E-state index < -0.39 is 0 Å². The molecular formula is C21H28ClN3O2. The molecule has 1 fully saturated rings. The number of aromatic nitrogens is 2. The van der Waals surface area contributed by atoms with E-state index in [-0.39, 0.29) is 11.8 Å². The number of benzene rings is 1. The molecule has 0 N–H and O–H groups in total. The third kappa shape index (κ3) is 4.36. The fourth-order valence-electron chi connectivity index (χ4n) is 3.48. The predicted octanol–water partition coefficient (Wildman–Crippen LogP) is 4.32. The van der Waals surface area contributed by atoms with Gasteiger partial charge in [0.15, 0.2) is 0 Å². The maximum atomic E-state index is 13.4. The molecular weight excluding hydrogens is 362 g/mol. The Balaban J connectivity index is 2.13. The van der Waals surface area contributed by atoms with E-state index in [1.54, 1.807) is 0 Å². The van der Waals surface area contributed by atoms with Gasteiger partial charge in [0.1, 0.15) is 0 Å². The lowest BCUT2D eigenvalue weighted by molar-refractivity contribution is 0.0301. The second-order valence-corrected chi connectivity index (χ2v) is 8.19. The number of rotatable bonds is 5. The zero-order valence-electron chi connectivity index (χ0n) is 16.5. The van der Waals surface area contributed by atoms with Crippen molar-refractivity contribution in [2.75, 3.05) is 26.3 Å². The van der Waals surface area contributed by atoms with E-state index in [2.05, 4.69) is 27.7 Å². The lowest BCUT2D eigenvalue weighted by atomic mass is 9.98. The van der Waals surface area contributed by atoms with E-state index in [9.17, 15) is 4.79 Å². The Morgan fingerprint density at radius 1 is 1.15 bits per heavy atom. The second-order valence-electron chi connectivity index (χ2n) is 7.75. The molecule has 1 aromatic carbocycles. The predicted molar refractivity (Wildman–Crippen MR) is 108 cm³/mol. The Bertz CT molecular complexity index is 791. The van der Waals surface area contributed by atoms with Gasteiger partial charge < -0.3 is 9.64 Å². The number of morpholine rings is 1. The SMILES string of the molecule is CC(C)Cc1nn(-c2ccc(Cl)cc2)c(C(C)C)c1C(=O)N1CCOCC1. The van der Waals surface area contributed by atoms with Gasteiger partial charge in [0.25, 0.3) is 5.91 Å². The van der Waals surface area contributed by atoms with Crippen molar-refractivity contribution < 1.29 is 9.53 Å². The van der Waals surface area contributed by atoms with Crippen LogP contribution < -0.4 is 0 Å². The minimum absolute atomic E-state index is 0.0675. The second kappa shape index (κ2) is 8.44. The lowest BCUT2D eigenvalue weighted by Crippen LogP contribution is -2.41. The highest BCUT2D eigenvalue weighted by Gasteiger charge is 2.30. The Labute approximate surface area is 166 Å². The van der Waals surface area contributed by atoms with Crippen LogP contribution in [0.4, 0.5) is 0 Å². The molecule has 1 aromatic heterocycles. The van der Waals surface area contributed by atoms with Crippen LogP contribution in [0.15, 0.2) is 24.3 Å². The standard InChI is InChI=1S/C21H28ClN3O2/c1-14(2)13-18-19(21(26)24-9-11-27-12-10-24)20(15(3)4)25(23-18)17-7-5-16(22)6-8-17/h5-8,14-15H,9-13H2,1-4H3. The molecule has 3 rings (SSSR count). The molecule has 146 valence electrons. The quantitative estimate of drug-likeness (QED) is 0.765. The van der Waals surface area contributed by atoms with Crippen molar-refractivity contribution >= 4 is 17.5 Å². The van der Waals surface area contributed by atoms with Gasteiger partial charge in [-0.2, -0.15) is 5.10 Å².